The van der Waals surface area contributed by atoms with Gasteiger partial charge >= 0.3 is 5.97 Å². The van der Waals surface area contributed by atoms with Crippen molar-refractivity contribution >= 4 is 39.6 Å². The van der Waals surface area contributed by atoms with Crippen LogP contribution in [-0.4, -0.2) is 27.7 Å². The van der Waals surface area contributed by atoms with Gasteiger partial charge in [-0.15, -0.1) is 0 Å². The fourth-order valence-electron chi connectivity index (χ4n) is 3.57. The number of nitrogens with zero attached hydrogens (tertiary/aromatic N) is 2. The first kappa shape index (κ1) is 23.9. The standard InChI is InChI=1S/C26H25IN2O5/c1-29-23-13-20(32-2)10-11-22(23)28-25(29)16-33-21-9-5-18(6-12-26(30)31)24(14-21)34-15-17-3-7-19(27)8-4-17/h3-5,7-11,13-14H,6,12,15-16H2,1-2H3,(H,30,31). The van der Waals surface area contributed by atoms with Gasteiger partial charge in [-0.3, -0.25) is 4.79 Å². The van der Waals surface area contributed by atoms with Crippen LogP contribution in [0.15, 0.2) is 60.7 Å². The van der Waals surface area contributed by atoms with E-state index in [0.29, 0.717) is 24.5 Å². The van der Waals surface area contributed by atoms with E-state index in [4.69, 9.17) is 19.3 Å². The van der Waals surface area contributed by atoms with Crippen molar-refractivity contribution in [3.8, 4) is 17.2 Å². The van der Waals surface area contributed by atoms with E-state index in [9.17, 15) is 4.79 Å². The number of hydrogen-bond acceptors (Lipinski definition) is 5. The smallest absolute Gasteiger partial charge is 0.303 e. The van der Waals surface area contributed by atoms with Gasteiger partial charge in [0.2, 0.25) is 0 Å². The molecule has 0 aliphatic carbocycles. The van der Waals surface area contributed by atoms with Gasteiger partial charge in [-0.05, 0) is 70.5 Å². The number of aromatic nitrogens is 2. The predicted octanol–water partition coefficient (Wildman–Crippen LogP) is 5.36. The van der Waals surface area contributed by atoms with Gasteiger partial charge in [0.25, 0.3) is 0 Å². The van der Waals surface area contributed by atoms with Gasteiger partial charge < -0.3 is 23.9 Å². The van der Waals surface area contributed by atoms with Crippen molar-refractivity contribution in [3.05, 3.63) is 81.2 Å². The molecule has 3 aromatic carbocycles. The number of aliphatic carboxylic acids is 1. The van der Waals surface area contributed by atoms with Crippen LogP contribution >= 0.6 is 22.6 Å². The highest BCUT2D eigenvalue weighted by molar-refractivity contribution is 14.1. The molecule has 0 atom stereocenters. The third-order valence-corrected chi connectivity index (χ3v) is 6.22. The van der Waals surface area contributed by atoms with E-state index in [0.717, 1.165) is 37.3 Å². The molecular weight excluding hydrogens is 547 g/mol. The number of carboxylic acid groups (broad SMARTS) is 1. The van der Waals surface area contributed by atoms with Crippen molar-refractivity contribution < 1.29 is 24.1 Å². The molecule has 0 saturated carbocycles. The van der Waals surface area contributed by atoms with Crippen molar-refractivity contribution in [2.45, 2.75) is 26.1 Å². The second-order valence-electron chi connectivity index (χ2n) is 7.81. The summed E-state index contributed by atoms with van der Waals surface area (Å²) in [4.78, 5) is 15.7. The van der Waals surface area contributed by atoms with Gasteiger partial charge in [0, 0.05) is 29.2 Å². The van der Waals surface area contributed by atoms with Crippen LogP contribution in [0.5, 0.6) is 17.2 Å². The Morgan fingerprint density at radius 3 is 2.50 bits per heavy atom. The summed E-state index contributed by atoms with van der Waals surface area (Å²) >= 11 is 2.26. The van der Waals surface area contributed by atoms with E-state index in [-0.39, 0.29) is 13.0 Å². The van der Waals surface area contributed by atoms with Crippen LogP contribution in [0, 0.1) is 3.57 Å². The number of aryl methyl sites for hydroxylation is 2. The predicted molar refractivity (Wildman–Crippen MR) is 137 cm³/mol. The zero-order valence-electron chi connectivity index (χ0n) is 19.0. The summed E-state index contributed by atoms with van der Waals surface area (Å²) in [5.41, 5.74) is 3.69. The first-order chi connectivity index (χ1) is 16.4. The molecule has 0 aliphatic rings. The Kier molecular flexibility index (Phi) is 7.56. The molecule has 4 rings (SSSR count). The van der Waals surface area contributed by atoms with E-state index < -0.39 is 5.97 Å². The molecule has 1 heterocycles. The lowest BCUT2D eigenvalue weighted by Gasteiger charge is -2.14. The van der Waals surface area contributed by atoms with Crippen LogP contribution < -0.4 is 14.2 Å². The second-order valence-corrected chi connectivity index (χ2v) is 9.05. The second kappa shape index (κ2) is 10.8. The summed E-state index contributed by atoms with van der Waals surface area (Å²) in [6.07, 6.45) is 0.410. The van der Waals surface area contributed by atoms with Gasteiger partial charge in [-0.1, -0.05) is 18.2 Å². The average molecular weight is 572 g/mol. The summed E-state index contributed by atoms with van der Waals surface area (Å²) in [6.45, 7) is 0.658. The van der Waals surface area contributed by atoms with Gasteiger partial charge in [-0.2, -0.15) is 0 Å². The molecular formula is C26H25IN2O5. The molecule has 0 radical (unpaired) electrons. The fraction of sp³-hybridized carbons (Fsp3) is 0.231. The lowest BCUT2D eigenvalue weighted by molar-refractivity contribution is -0.136. The summed E-state index contributed by atoms with van der Waals surface area (Å²) < 4.78 is 20.6. The molecule has 0 fully saturated rings. The van der Waals surface area contributed by atoms with Crippen LogP contribution in [0.2, 0.25) is 0 Å². The first-order valence-electron chi connectivity index (χ1n) is 10.8. The first-order valence-corrected chi connectivity index (χ1v) is 11.8. The van der Waals surface area contributed by atoms with E-state index in [1.165, 1.54) is 0 Å². The van der Waals surface area contributed by atoms with Gasteiger partial charge in [0.05, 0.1) is 18.1 Å². The summed E-state index contributed by atoms with van der Waals surface area (Å²) in [5.74, 6) is 1.95. The number of benzene rings is 3. The lowest BCUT2D eigenvalue weighted by atomic mass is 10.1. The largest absolute Gasteiger partial charge is 0.497 e. The molecule has 1 N–H and O–H groups in total. The van der Waals surface area contributed by atoms with Crippen LogP contribution in [-0.2, 0) is 31.5 Å². The van der Waals surface area contributed by atoms with Crippen molar-refractivity contribution in [2.24, 2.45) is 7.05 Å². The number of hydrogen-bond donors (Lipinski definition) is 1. The molecule has 8 heteroatoms. The van der Waals surface area contributed by atoms with E-state index in [1.807, 2.05) is 72.3 Å². The Morgan fingerprint density at radius 1 is 1.00 bits per heavy atom. The molecule has 0 amide bonds. The minimum absolute atomic E-state index is 0.0312. The normalized spacial score (nSPS) is 10.9. The van der Waals surface area contributed by atoms with E-state index in [1.54, 1.807) is 7.11 Å². The third-order valence-electron chi connectivity index (χ3n) is 5.50. The zero-order chi connectivity index (χ0) is 24.1. The highest BCUT2D eigenvalue weighted by Crippen LogP contribution is 2.28. The number of carbonyl (C=O) groups is 1. The average Bonchev–Trinajstić information content (AvgIpc) is 3.16. The van der Waals surface area contributed by atoms with E-state index >= 15 is 0 Å². The van der Waals surface area contributed by atoms with Crippen molar-refractivity contribution in [3.63, 3.8) is 0 Å². The number of halogens is 1. The summed E-state index contributed by atoms with van der Waals surface area (Å²) in [7, 11) is 3.58. The minimum Gasteiger partial charge on any atom is -0.497 e. The molecule has 4 aromatic rings. The topological polar surface area (TPSA) is 82.8 Å². The number of carboxylic acids is 1. The highest BCUT2D eigenvalue weighted by atomic mass is 127. The maximum Gasteiger partial charge on any atom is 0.303 e. The van der Waals surface area contributed by atoms with Crippen molar-refractivity contribution in [2.75, 3.05) is 7.11 Å². The molecule has 0 spiro atoms. The third kappa shape index (κ3) is 5.80. The van der Waals surface area contributed by atoms with Gasteiger partial charge in [-0.25, -0.2) is 4.98 Å². The van der Waals surface area contributed by atoms with Gasteiger partial charge in [0.1, 0.15) is 36.3 Å². The maximum atomic E-state index is 11.1. The lowest BCUT2D eigenvalue weighted by Crippen LogP contribution is -2.05. The van der Waals surface area contributed by atoms with Crippen LogP contribution in [0.4, 0.5) is 0 Å². The van der Waals surface area contributed by atoms with Crippen molar-refractivity contribution in [1.82, 2.24) is 9.55 Å². The van der Waals surface area contributed by atoms with E-state index in [2.05, 4.69) is 27.6 Å². The Labute approximate surface area is 211 Å². The monoisotopic (exact) mass is 572 g/mol. The van der Waals surface area contributed by atoms with Crippen molar-refractivity contribution in [1.29, 1.82) is 0 Å². The molecule has 0 aliphatic heterocycles. The molecule has 34 heavy (non-hydrogen) atoms. The number of ether oxygens (including phenoxy) is 3. The molecule has 0 saturated heterocycles. The molecule has 1 aromatic heterocycles. The Bertz CT molecular complexity index is 1300. The summed E-state index contributed by atoms with van der Waals surface area (Å²) in [5, 5.41) is 9.10. The SMILES string of the molecule is COc1ccc2nc(COc3ccc(CCC(=O)O)c(OCc4ccc(I)cc4)c3)n(C)c2c1. The molecule has 176 valence electrons. The number of rotatable bonds is 10. The number of imidazole rings is 1. The van der Waals surface area contributed by atoms with Crippen LogP contribution in [0.25, 0.3) is 11.0 Å². The Hall–Kier alpha value is -3.27. The molecule has 0 bridgehead atoms. The maximum absolute atomic E-state index is 11.1. The molecule has 0 unspecified atom stereocenters. The Morgan fingerprint density at radius 2 is 1.76 bits per heavy atom. The number of methoxy groups -OCH3 is 1. The zero-order valence-corrected chi connectivity index (χ0v) is 21.1. The van der Waals surface area contributed by atoms with Crippen LogP contribution in [0.3, 0.4) is 0 Å². The fourth-order valence-corrected chi connectivity index (χ4v) is 3.93. The minimum atomic E-state index is -0.845. The molecule has 7 nitrogen and oxygen atoms in total. The van der Waals surface area contributed by atoms with Crippen LogP contribution in [0.1, 0.15) is 23.4 Å². The Balaban J connectivity index is 1.51. The highest BCUT2D eigenvalue weighted by Gasteiger charge is 2.12. The number of fused-ring (bicyclic) bond motifs is 1. The van der Waals surface area contributed by atoms with Gasteiger partial charge in [0.15, 0.2) is 0 Å². The summed E-state index contributed by atoms with van der Waals surface area (Å²) in [6, 6.07) is 19.3. The quantitative estimate of drug-likeness (QED) is 0.258.